The van der Waals surface area contributed by atoms with Crippen LogP contribution in [0.5, 0.6) is 0 Å². The number of aliphatic carboxylic acids is 1. The van der Waals surface area contributed by atoms with Gasteiger partial charge in [0.15, 0.2) is 0 Å². The molecular weight excluding hydrogens is 138 g/mol. The van der Waals surface area contributed by atoms with E-state index in [-0.39, 0.29) is 0 Å². The average molecular weight is 139 g/mol. The Morgan fingerprint density at radius 3 is 2.44 bits per heavy atom. The van der Waals surface area contributed by atoms with Gasteiger partial charge in [-0.1, -0.05) is 11.8 Å². The van der Waals surface area contributed by atoms with Gasteiger partial charge >= 0.3 is 5.97 Å². The molecule has 0 radical (unpaired) electrons. The Kier molecular flexibility index (Phi) is 1.12. The lowest BCUT2D eigenvalue weighted by atomic mass is 10.4. The lowest BCUT2D eigenvalue weighted by Gasteiger charge is -1.97. The minimum atomic E-state index is -1.23. The number of nitriles is 1. The summed E-state index contributed by atoms with van der Waals surface area (Å²) >= 11 is 0.637. The minimum absolute atomic E-state index is 0.637. The summed E-state index contributed by atoms with van der Waals surface area (Å²) in [5.74, 6) is 3.60. The van der Waals surface area contributed by atoms with Gasteiger partial charge in [0.1, 0.15) is 5.40 Å². The van der Waals surface area contributed by atoms with Crippen LogP contribution in [0.2, 0.25) is 0 Å². The fourth-order valence-electron chi connectivity index (χ4n) is 0.327. The van der Waals surface area contributed by atoms with Gasteiger partial charge in [0.2, 0.25) is 4.75 Å². The second-order valence-electron chi connectivity index (χ2n) is 1.43. The van der Waals surface area contributed by atoms with E-state index in [0.29, 0.717) is 11.8 Å². The fourth-order valence-corrected chi connectivity index (χ4v) is 0.704. The van der Waals surface area contributed by atoms with Crippen LogP contribution in [0.4, 0.5) is 0 Å². The predicted molar refractivity (Wildman–Crippen MR) is 31.3 cm³/mol. The molecule has 0 amide bonds. The van der Waals surface area contributed by atoms with Crippen LogP contribution in [0.15, 0.2) is 0 Å². The van der Waals surface area contributed by atoms with Crippen LogP contribution in [-0.4, -0.2) is 15.8 Å². The topological polar surface area (TPSA) is 61.1 Å². The number of hydrogen-bond acceptors (Lipinski definition) is 3. The number of carboxylic acids is 1. The first kappa shape index (κ1) is 6.00. The van der Waals surface area contributed by atoms with E-state index < -0.39 is 10.7 Å². The van der Waals surface area contributed by atoms with Crippen molar-refractivity contribution in [3.8, 4) is 17.2 Å². The first-order chi connectivity index (χ1) is 4.21. The quantitative estimate of drug-likeness (QED) is 0.433. The first-order valence-electron chi connectivity index (χ1n) is 2.06. The molecule has 0 aliphatic heterocycles. The zero-order chi connectivity index (χ0) is 6.91. The van der Waals surface area contributed by atoms with E-state index in [1.807, 2.05) is 0 Å². The number of rotatable bonds is 2. The molecule has 1 rings (SSSR count). The number of nitrogens with zero attached hydrogens (tertiary/aromatic N) is 1. The third-order valence-corrected chi connectivity index (χ3v) is 1.63. The summed E-state index contributed by atoms with van der Waals surface area (Å²) in [4.78, 5) is 10.2. The first-order valence-corrected chi connectivity index (χ1v) is 2.88. The Hall–Kier alpha value is -1.13. The largest absolute Gasteiger partial charge is 0.479 e. The van der Waals surface area contributed by atoms with Crippen LogP contribution in [0, 0.1) is 22.5 Å². The summed E-state index contributed by atoms with van der Waals surface area (Å²) in [5.41, 5.74) is 0. The fraction of sp³-hybridized carbons (Fsp3) is 0.200. The van der Waals surface area contributed by atoms with E-state index in [0.717, 1.165) is 0 Å². The summed E-state index contributed by atoms with van der Waals surface area (Å²) in [6, 6.07) is 0. The Labute approximate surface area is 55.7 Å². The van der Waals surface area contributed by atoms with E-state index >= 15 is 0 Å². The van der Waals surface area contributed by atoms with Crippen molar-refractivity contribution in [2.24, 2.45) is 0 Å². The second kappa shape index (κ2) is 1.68. The molecule has 4 heteroatoms. The van der Waals surface area contributed by atoms with Gasteiger partial charge < -0.3 is 5.11 Å². The number of thiocyanates is 1. The molecule has 0 saturated heterocycles. The molecule has 0 unspecified atom stereocenters. The van der Waals surface area contributed by atoms with Crippen LogP contribution in [0.1, 0.15) is 0 Å². The third-order valence-electron chi connectivity index (χ3n) is 0.852. The van der Waals surface area contributed by atoms with Crippen molar-refractivity contribution in [3.05, 3.63) is 0 Å². The zero-order valence-corrected chi connectivity index (χ0v) is 5.03. The molecule has 0 spiro atoms. The van der Waals surface area contributed by atoms with Crippen molar-refractivity contribution in [1.29, 1.82) is 5.26 Å². The van der Waals surface area contributed by atoms with Gasteiger partial charge in [-0.25, -0.2) is 4.79 Å². The summed E-state index contributed by atoms with van der Waals surface area (Å²) in [7, 11) is 0. The predicted octanol–water partition coefficient (Wildman–Crippen LogP) is 0.0411. The van der Waals surface area contributed by atoms with Crippen molar-refractivity contribution in [3.63, 3.8) is 0 Å². The summed E-state index contributed by atoms with van der Waals surface area (Å²) in [6.45, 7) is 0. The molecule has 3 nitrogen and oxygen atoms in total. The van der Waals surface area contributed by atoms with Crippen molar-refractivity contribution in [2.45, 2.75) is 4.75 Å². The minimum Gasteiger partial charge on any atom is -0.479 e. The molecule has 0 aromatic rings. The Balaban J connectivity index is 2.57. The SMILES string of the molecule is N#CSC1(C(=O)O)C#C1. The van der Waals surface area contributed by atoms with Crippen LogP contribution >= 0.6 is 11.8 Å². The number of hydrogen-bond donors (Lipinski definition) is 1. The van der Waals surface area contributed by atoms with Crippen molar-refractivity contribution in [2.75, 3.05) is 0 Å². The maximum atomic E-state index is 10.2. The third kappa shape index (κ3) is 0.847. The lowest BCUT2D eigenvalue weighted by Crippen LogP contribution is -2.20. The molecule has 1 aliphatic carbocycles. The second-order valence-corrected chi connectivity index (χ2v) is 2.43. The summed E-state index contributed by atoms with van der Waals surface area (Å²) in [6.07, 6.45) is 0. The summed E-state index contributed by atoms with van der Waals surface area (Å²) < 4.78 is -1.23. The highest BCUT2D eigenvalue weighted by atomic mass is 32.2. The van der Waals surface area contributed by atoms with Gasteiger partial charge in [0.25, 0.3) is 0 Å². The molecular formula is C5HNO2S. The van der Waals surface area contributed by atoms with E-state index in [1.165, 1.54) is 0 Å². The normalized spacial score (nSPS) is 16.8. The molecule has 0 heterocycles. The smallest absolute Gasteiger partial charge is 0.345 e. The highest BCUT2D eigenvalue weighted by Crippen LogP contribution is 2.30. The lowest BCUT2D eigenvalue weighted by molar-refractivity contribution is -0.136. The zero-order valence-electron chi connectivity index (χ0n) is 4.21. The van der Waals surface area contributed by atoms with Gasteiger partial charge in [0.05, 0.1) is 0 Å². The summed E-state index contributed by atoms with van der Waals surface area (Å²) in [5, 5.41) is 18.1. The van der Waals surface area contributed by atoms with E-state index in [2.05, 4.69) is 11.8 Å². The van der Waals surface area contributed by atoms with E-state index in [1.54, 1.807) is 5.40 Å². The highest BCUT2D eigenvalue weighted by molar-refractivity contribution is 8.06. The molecule has 1 aliphatic rings. The van der Waals surface area contributed by atoms with Gasteiger partial charge in [0, 0.05) is 0 Å². The van der Waals surface area contributed by atoms with Gasteiger partial charge in [-0.2, -0.15) is 5.26 Å². The maximum Gasteiger partial charge on any atom is 0.345 e. The Morgan fingerprint density at radius 2 is 2.33 bits per heavy atom. The molecule has 0 aromatic heterocycles. The molecule has 0 atom stereocenters. The van der Waals surface area contributed by atoms with E-state index in [9.17, 15) is 4.79 Å². The maximum absolute atomic E-state index is 10.2. The monoisotopic (exact) mass is 139 g/mol. The molecule has 0 bridgehead atoms. The molecule has 0 fully saturated rings. The Morgan fingerprint density at radius 1 is 1.78 bits per heavy atom. The van der Waals surface area contributed by atoms with Crippen LogP contribution in [-0.2, 0) is 4.79 Å². The standard InChI is InChI=1S/C5HNO2S/c6-3-9-5(1-2-5)4(7)8/h(H,7,8). The van der Waals surface area contributed by atoms with Crippen LogP contribution in [0.3, 0.4) is 0 Å². The molecule has 9 heavy (non-hydrogen) atoms. The number of carboxylic acid groups (broad SMARTS) is 1. The highest BCUT2D eigenvalue weighted by Gasteiger charge is 2.44. The van der Waals surface area contributed by atoms with E-state index in [4.69, 9.17) is 10.4 Å². The van der Waals surface area contributed by atoms with Crippen molar-refractivity contribution >= 4 is 17.7 Å². The van der Waals surface area contributed by atoms with Crippen LogP contribution < -0.4 is 0 Å². The Bertz CT molecular complexity index is 246. The number of carbonyl (C=O) groups is 1. The molecule has 0 saturated carbocycles. The van der Waals surface area contributed by atoms with Gasteiger partial charge in [-0.15, -0.1) is 0 Å². The van der Waals surface area contributed by atoms with Crippen molar-refractivity contribution in [1.82, 2.24) is 0 Å². The number of thioether (sulfide) groups is 1. The van der Waals surface area contributed by atoms with Gasteiger partial charge in [-0.05, 0) is 11.8 Å². The molecule has 1 N–H and O–H groups in total. The molecule has 0 aromatic carbocycles. The van der Waals surface area contributed by atoms with Gasteiger partial charge in [-0.3, -0.25) is 0 Å². The average Bonchev–Trinajstić information content (AvgIpc) is 2.49. The van der Waals surface area contributed by atoms with Crippen LogP contribution in [0.25, 0.3) is 0 Å². The molecule has 44 valence electrons. The van der Waals surface area contributed by atoms with Crippen molar-refractivity contribution < 1.29 is 9.90 Å².